The van der Waals surface area contributed by atoms with E-state index in [0.717, 1.165) is 56.3 Å². The van der Waals surface area contributed by atoms with Crippen molar-refractivity contribution in [3.05, 3.63) is 11.6 Å². The minimum absolute atomic E-state index is 0.00925. The van der Waals surface area contributed by atoms with Gasteiger partial charge in [0, 0.05) is 24.9 Å². The lowest BCUT2D eigenvalue weighted by atomic mass is 9.47. The molecule has 4 fully saturated rings. The summed E-state index contributed by atoms with van der Waals surface area (Å²) in [6.45, 7) is 6.62. The SMILES string of the molecule is C[C@]12CCC3C(CCC4=CC(=NOC5CNC5)CC[C@]43C)C1CCC2=O. The highest BCUT2D eigenvalue weighted by Gasteiger charge is 2.58. The molecular weight excluding hydrogens is 324 g/mol. The van der Waals surface area contributed by atoms with E-state index in [0.29, 0.717) is 17.1 Å². The fourth-order valence-corrected chi connectivity index (χ4v) is 6.89. The fourth-order valence-electron chi connectivity index (χ4n) is 6.89. The molecule has 5 atom stereocenters. The van der Waals surface area contributed by atoms with E-state index in [2.05, 4.69) is 30.4 Å². The Morgan fingerprint density at radius 1 is 1.04 bits per heavy atom. The topological polar surface area (TPSA) is 50.7 Å². The number of oxime groups is 1. The van der Waals surface area contributed by atoms with Crippen molar-refractivity contribution < 1.29 is 9.63 Å². The molecule has 4 heteroatoms. The molecule has 142 valence electrons. The Morgan fingerprint density at radius 2 is 1.85 bits per heavy atom. The molecule has 26 heavy (non-hydrogen) atoms. The number of hydrogen-bond acceptors (Lipinski definition) is 4. The van der Waals surface area contributed by atoms with Gasteiger partial charge in [0.15, 0.2) is 6.10 Å². The van der Waals surface area contributed by atoms with Crippen LogP contribution in [0.15, 0.2) is 16.8 Å². The second kappa shape index (κ2) is 5.92. The normalized spacial score (nSPS) is 46.8. The number of rotatable bonds is 2. The quantitative estimate of drug-likeness (QED) is 0.764. The zero-order valence-electron chi connectivity index (χ0n) is 16.2. The summed E-state index contributed by atoms with van der Waals surface area (Å²) in [5.74, 6) is 2.69. The minimum Gasteiger partial charge on any atom is -0.390 e. The average molecular weight is 357 g/mol. The molecule has 5 rings (SSSR count). The second-order valence-electron chi connectivity index (χ2n) is 9.89. The molecule has 3 saturated carbocycles. The van der Waals surface area contributed by atoms with E-state index in [1.165, 1.54) is 25.7 Å². The first-order chi connectivity index (χ1) is 12.5. The lowest BCUT2D eigenvalue weighted by Gasteiger charge is -2.57. The van der Waals surface area contributed by atoms with Crippen molar-refractivity contribution in [1.82, 2.24) is 5.32 Å². The first kappa shape index (κ1) is 17.0. The molecule has 0 spiro atoms. The van der Waals surface area contributed by atoms with E-state index in [1.54, 1.807) is 5.57 Å². The number of fused-ring (bicyclic) bond motifs is 5. The van der Waals surface area contributed by atoms with Crippen LogP contribution in [0.1, 0.15) is 65.2 Å². The van der Waals surface area contributed by atoms with Gasteiger partial charge in [0.25, 0.3) is 0 Å². The highest BCUT2D eigenvalue weighted by Crippen LogP contribution is 2.64. The van der Waals surface area contributed by atoms with Crippen molar-refractivity contribution in [3.63, 3.8) is 0 Å². The molecule has 3 unspecified atom stereocenters. The van der Waals surface area contributed by atoms with Crippen LogP contribution in [0.2, 0.25) is 0 Å². The van der Waals surface area contributed by atoms with Crippen molar-refractivity contribution >= 4 is 11.5 Å². The highest BCUT2D eigenvalue weighted by molar-refractivity contribution is 5.96. The molecule has 0 bridgehead atoms. The van der Waals surface area contributed by atoms with Gasteiger partial charge in [-0.05, 0) is 74.2 Å². The molecule has 1 saturated heterocycles. The number of carbonyl (C=O) groups excluding carboxylic acids is 1. The van der Waals surface area contributed by atoms with Gasteiger partial charge < -0.3 is 10.2 Å². The summed E-state index contributed by atoms with van der Waals surface area (Å²) < 4.78 is 0. The van der Waals surface area contributed by atoms with Crippen molar-refractivity contribution in [2.75, 3.05) is 13.1 Å². The first-order valence-corrected chi connectivity index (χ1v) is 10.7. The van der Waals surface area contributed by atoms with Gasteiger partial charge in [0.05, 0.1) is 5.71 Å². The summed E-state index contributed by atoms with van der Waals surface area (Å²) in [6.07, 6.45) is 11.6. The van der Waals surface area contributed by atoms with Gasteiger partial charge in [0.1, 0.15) is 5.78 Å². The van der Waals surface area contributed by atoms with Crippen LogP contribution in [0.25, 0.3) is 0 Å². The monoisotopic (exact) mass is 356 g/mol. The van der Waals surface area contributed by atoms with E-state index in [4.69, 9.17) is 4.84 Å². The van der Waals surface area contributed by atoms with Gasteiger partial charge in [-0.25, -0.2) is 0 Å². The summed E-state index contributed by atoms with van der Waals surface area (Å²) in [5.41, 5.74) is 3.05. The maximum absolute atomic E-state index is 12.5. The third-order valence-electron chi connectivity index (χ3n) is 8.75. The summed E-state index contributed by atoms with van der Waals surface area (Å²) in [7, 11) is 0. The van der Waals surface area contributed by atoms with E-state index in [9.17, 15) is 4.79 Å². The van der Waals surface area contributed by atoms with Gasteiger partial charge in [-0.15, -0.1) is 0 Å². The van der Waals surface area contributed by atoms with Gasteiger partial charge in [-0.3, -0.25) is 4.79 Å². The zero-order valence-corrected chi connectivity index (χ0v) is 16.2. The molecule has 4 aliphatic carbocycles. The molecule has 1 N–H and O–H groups in total. The van der Waals surface area contributed by atoms with Crippen LogP contribution in [-0.4, -0.2) is 30.7 Å². The third-order valence-corrected chi connectivity index (χ3v) is 8.75. The van der Waals surface area contributed by atoms with E-state index >= 15 is 0 Å². The Kier molecular flexibility index (Phi) is 3.86. The Balaban J connectivity index is 1.38. The van der Waals surface area contributed by atoms with Crippen molar-refractivity contribution in [2.45, 2.75) is 71.3 Å². The largest absolute Gasteiger partial charge is 0.390 e. The number of allylic oxidation sites excluding steroid dienone is 2. The summed E-state index contributed by atoms with van der Waals surface area (Å²) in [4.78, 5) is 18.2. The maximum Gasteiger partial charge on any atom is 0.152 e. The molecule has 0 aromatic carbocycles. The number of hydrogen-bond donors (Lipinski definition) is 1. The van der Waals surface area contributed by atoms with E-state index < -0.39 is 0 Å². The van der Waals surface area contributed by atoms with Crippen LogP contribution in [0.5, 0.6) is 0 Å². The lowest BCUT2D eigenvalue weighted by Crippen LogP contribution is -2.50. The second-order valence-corrected chi connectivity index (χ2v) is 9.89. The van der Waals surface area contributed by atoms with Crippen molar-refractivity contribution in [3.8, 4) is 0 Å². The molecular formula is C22H32N2O2. The molecule has 0 aromatic rings. The number of ketones is 1. The molecule has 0 amide bonds. The Labute approximate surface area is 156 Å². The maximum atomic E-state index is 12.5. The standard InChI is InChI=1S/C22H32N2O2/c1-21-9-7-15(24-26-16-12-23-13-16)11-14(21)3-4-17-18-5-6-20(25)22(18,2)10-8-19(17)21/h11,16-19,23H,3-10,12-13H2,1-2H3/t17?,18?,19?,21-,22+/m1/s1. The van der Waals surface area contributed by atoms with Crippen LogP contribution in [-0.2, 0) is 9.63 Å². The number of nitrogens with zero attached hydrogens (tertiary/aromatic N) is 1. The predicted molar refractivity (Wildman–Crippen MR) is 102 cm³/mol. The molecule has 4 nitrogen and oxygen atoms in total. The first-order valence-electron chi connectivity index (χ1n) is 10.7. The van der Waals surface area contributed by atoms with Gasteiger partial charge >= 0.3 is 0 Å². The van der Waals surface area contributed by atoms with Crippen LogP contribution < -0.4 is 5.32 Å². The van der Waals surface area contributed by atoms with Crippen LogP contribution in [0.4, 0.5) is 0 Å². The van der Waals surface area contributed by atoms with Gasteiger partial charge in [-0.1, -0.05) is 24.6 Å². The summed E-state index contributed by atoms with van der Waals surface area (Å²) in [6, 6.07) is 0. The molecule has 1 heterocycles. The van der Waals surface area contributed by atoms with Gasteiger partial charge in [0.2, 0.25) is 0 Å². The third kappa shape index (κ3) is 2.37. The molecule has 1 aliphatic heterocycles. The fraction of sp³-hybridized carbons (Fsp3) is 0.818. The van der Waals surface area contributed by atoms with Crippen molar-refractivity contribution in [2.24, 2.45) is 33.7 Å². The Hall–Kier alpha value is -1.16. The van der Waals surface area contributed by atoms with E-state index in [1.807, 2.05) is 0 Å². The molecule has 0 aromatic heterocycles. The van der Waals surface area contributed by atoms with Crippen LogP contribution >= 0.6 is 0 Å². The summed E-state index contributed by atoms with van der Waals surface area (Å²) >= 11 is 0. The number of carbonyl (C=O) groups is 1. The minimum atomic E-state index is -0.00925. The summed E-state index contributed by atoms with van der Waals surface area (Å²) in [5, 5.41) is 7.68. The number of Topliss-reactive ketones (excluding diaryl/α,β-unsaturated/α-hetero) is 1. The average Bonchev–Trinajstić information content (AvgIpc) is 2.89. The lowest BCUT2D eigenvalue weighted by molar-refractivity contribution is -0.132. The predicted octanol–water partition coefficient (Wildman–Crippen LogP) is 3.86. The van der Waals surface area contributed by atoms with Crippen LogP contribution in [0, 0.1) is 28.6 Å². The van der Waals surface area contributed by atoms with Crippen molar-refractivity contribution in [1.29, 1.82) is 0 Å². The molecule has 5 aliphatic rings. The van der Waals surface area contributed by atoms with Crippen LogP contribution in [0.3, 0.4) is 0 Å². The smallest absolute Gasteiger partial charge is 0.152 e. The van der Waals surface area contributed by atoms with E-state index in [-0.39, 0.29) is 11.5 Å². The number of nitrogens with one attached hydrogen (secondary N) is 1. The Bertz CT molecular complexity index is 680. The molecule has 0 radical (unpaired) electrons. The highest BCUT2D eigenvalue weighted by atomic mass is 16.6. The zero-order chi connectivity index (χ0) is 17.9. The van der Waals surface area contributed by atoms with Gasteiger partial charge in [-0.2, -0.15) is 0 Å². The Morgan fingerprint density at radius 3 is 2.62 bits per heavy atom.